The van der Waals surface area contributed by atoms with Gasteiger partial charge in [-0.2, -0.15) is 0 Å². The first-order valence-corrected chi connectivity index (χ1v) is 7.82. The van der Waals surface area contributed by atoms with Crippen LogP contribution in [0.5, 0.6) is 0 Å². The molecule has 1 heterocycles. The summed E-state index contributed by atoms with van der Waals surface area (Å²) >= 11 is 0. The van der Waals surface area contributed by atoms with Gasteiger partial charge in [0.25, 0.3) is 0 Å². The molecule has 1 aromatic carbocycles. The van der Waals surface area contributed by atoms with Crippen molar-refractivity contribution >= 4 is 5.69 Å². The van der Waals surface area contributed by atoms with Crippen LogP contribution in [0.2, 0.25) is 0 Å². The van der Waals surface area contributed by atoms with Crippen molar-refractivity contribution in [1.82, 2.24) is 5.32 Å². The molecule has 1 saturated heterocycles. The maximum atomic E-state index is 14.1. The molecule has 0 aliphatic carbocycles. The van der Waals surface area contributed by atoms with Gasteiger partial charge in [-0.1, -0.05) is 33.3 Å². The largest absolute Gasteiger partial charge is 0.371 e. The Hall–Kier alpha value is -1.09. The Balaban J connectivity index is 2.15. The quantitative estimate of drug-likeness (QED) is 0.877. The molecule has 1 aliphatic rings. The van der Waals surface area contributed by atoms with Crippen molar-refractivity contribution < 1.29 is 4.39 Å². The predicted octanol–water partition coefficient (Wildman–Crippen LogP) is 3.95. The fraction of sp³-hybridized carbons (Fsp3) is 0.647. The van der Waals surface area contributed by atoms with Crippen molar-refractivity contribution in [2.75, 3.05) is 24.5 Å². The average molecular weight is 278 g/mol. The number of nitrogens with zero attached hydrogens (tertiary/aromatic N) is 1. The molecule has 2 nitrogen and oxygen atoms in total. The first-order chi connectivity index (χ1) is 9.59. The zero-order chi connectivity index (χ0) is 14.6. The summed E-state index contributed by atoms with van der Waals surface area (Å²) in [5.41, 5.74) is 2.35. The molecule has 0 radical (unpaired) electrons. The summed E-state index contributed by atoms with van der Waals surface area (Å²) in [5, 5.41) is 3.25. The highest BCUT2D eigenvalue weighted by atomic mass is 19.1. The minimum atomic E-state index is -0.0905. The highest BCUT2D eigenvalue weighted by Crippen LogP contribution is 2.36. The third-order valence-corrected chi connectivity index (χ3v) is 4.81. The third-order valence-electron chi connectivity index (χ3n) is 4.81. The van der Waals surface area contributed by atoms with Gasteiger partial charge in [0.1, 0.15) is 5.82 Å². The van der Waals surface area contributed by atoms with Gasteiger partial charge in [0.2, 0.25) is 0 Å². The van der Waals surface area contributed by atoms with Crippen LogP contribution >= 0.6 is 0 Å². The monoisotopic (exact) mass is 278 g/mol. The van der Waals surface area contributed by atoms with Gasteiger partial charge in [0.15, 0.2) is 0 Å². The number of piperidine rings is 1. The summed E-state index contributed by atoms with van der Waals surface area (Å²) in [4.78, 5) is 2.35. The Morgan fingerprint density at radius 2 is 1.95 bits per heavy atom. The molecule has 0 spiro atoms. The van der Waals surface area contributed by atoms with Crippen molar-refractivity contribution in [3.63, 3.8) is 0 Å². The first-order valence-electron chi connectivity index (χ1n) is 7.82. The van der Waals surface area contributed by atoms with Crippen LogP contribution in [0.4, 0.5) is 10.1 Å². The highest BCUT2D eigenvalue weighted by Gasteiger charge is 2.29. The Kier molecular flexibility index (Phi) is 5.03. The van der Waals surface area contributed by atoms with E-state index in [2.05, 4.69) is 30.1 Å². The summed E-state index contributed by atoms with van der Waals surface area (Å²) in [6.07, 6.45) is 3.62. The lowest BCUT2D eigenvalue weighted by Gasteiger charge is -2.40. The molecule has 112 valence electrons. The Bertz CT molecular complexity index is 437. The molecule has 0 amide bonds. The molecule has 1 N–H and O–H groups in total. The van der Waals surface area contributed by atoms with Gasteiger partial charge in [0.05, 0.1) is 0 Å². The van der Waals surface area contributed by atoms with E-state index in [1.54, 1.807) is 6.07 Å². The second-order valence-electron chi connectivity index (χ2n) is 6.17. The standard InChI is InChI=1S/C17H27FN2/c1-4-17(3)9-11-20(12-10-17)16-8-6-7-15(18)14(16)13-19-5-2/h6-8,19H,4-5,9-13H2,1-3H3. The summed E-state index contributed by atoms with van der Waals surface area (Å²) in [7, 11) is 0. The third kappa shape index (κ3) is 3.32. The molecule has 0 saturated carbocycles. The average Bonchev–Trinajstić information content (AvgIpc) is 2.47. The van der Waals surface area contributed by atoms with Gasteiger partial charge >= 0.3 is 0 Å². The second kappa shape index (κ2) is 6.57. The molecule has 0 unspecified atom stereocenters. The van der Waals surface area contributed by atoms with Gasteiger partial charge < -0.3 is 10.2 Å². The van der Waals surface area contributed by atoms with E-state index >= 15 is 0 Å². The molecule has 20 heavy (non-hydrogen) atoms. The van der Waals surface area contributed by atoms with E-state index in [1.165, 1.54) is 19.3 Å². The minimum Gasteiger partial charge on any atom is -0.371 e. The van der Waals surface area contributed by atoms with Crippen LogP contribution < -0.4 is 10.2 Å². The summed E-state index contributed by atoms with van der Waals surface area (Å²) < 4.78 is 14.1. The van der Waals surface area contributed by atoms with Crippen LogP contribution in [-0.4, -0.2) is 19.6 Å². The van der Waals surface area contributed by atoms with Crippen molar-refractivity contribution in [3.8, 4) is 0 Å². The summed E-state index contributed by atoms with van der Waals surface area (Å²) in [5.74, 6) is -0.0905. The van der Waals surface area contributed by atoms with E-state index in [0.29, 0.717) is 12.0 Å². The fourth-order valence-electron chi connectivity index (χ4n) is 2.91. The lowest BCUT2D eigenvalue weighted by molar-refractivity contribution is 0.238. The van der Waals surface area contributed by atoms with Crippen LogP contribution in [0.1, 0.15) is 45.6 Å². The number of anilines is 1. The smallest absolute Gasteiger partial charge is 0.129 e. The molecule has 1 aromatic rings. The van der Waals surface area contributed by atoms with E-state index in [-0.39, 0.29) is 5.82 Å². The van der Waals surface area contributed by atoms with Gasteiger partial charge in [0, 0.05) is 30.9 Å². The lowest BCUT2D eigenvalue weighted by Crippen LogP contribution is -2.39. The van der Waals surface area contributed by atoms with Gasteiger partial charge in [-0.05, 0) is 36.9 Å². The van der Waals surface area contributed by atoms with E-state index in [9.17, 15) is 4.39 Å². The van der Waals surface area contributed by atoms with E-state index in [4.69, 9.17) is 0 Å². The minimum absolute atomic E-state index is 0.0905. The fourth-order valence-corrected chi connectivity index (χ4v) is 2.91. The Morgan fingerprint density at radius 3 is 2.55 bits per heavy atom. The first kappa shape index (κ1) is 15.3. The molecule has 3 heteroatoms. The summed E-state index contributed by atoms with van der Waals surface area (Å²) in [6.45, 7) is 10.2. The Labute approximate surface area is 122 Å². The zero-order valence-corrected chi connectivity index (χ0v) is 13.0. The lowest BCUT2D eigenvalue weighted by atomic mass is 9.78. The van der Waals surface area contributed by atoms with Crippen LogP contribution in [0.25, 0.3) is 0 Å². The number of hydrogen-bond acceptors (Lipinski definition) is 2. The van der Waals surface area contributed by atoms with Crippen LogP contribution in [-0.2, 0) is 6.54 Å². The molecular weight excluding hydrogens is 251 g/mol. The normalized spacial score (nSPS) is 18.3. The topological polar surface area (TPSA) is 15.3 Å². The van der Waals surface area contributed by atoms with E-state index < -0.39 is 0 Å². The Morgan fingerprint density at radius 1 is 1.25 bits per heavy atom. The van der Waals surface area contributed by atoms with Crippen LogP contribution in [0.3, 0.4) is 0 Å². The van der Waals surface area contributed by atoms with Gasteiger partial charge in [-0.15, -0.1) is 0 Å². The second-order valence-corrected chi connectivity index (χ2v) is 6.17. The number of hydrogen-bond donors (Lipinski definition) is 1. The molecule has 2 rings (SSSR count). The molecule has 0 atom stereocenters. The van der Waals surface area contributed by atoms with E-state index in [0.717, 1.165) is 30.9 Å². The number of rotatable bonds is 5. The molecule has 0 aromatic heterocycles. The zero-order valence-electron chi connectivity index (χ0n) is 13.0. The summed E-state index contributed by atoms with van der Waals surface area (Å²) in [6, 6.07) is 5.45. The highest BCUT2D eigenvalue weighted by molar-refractivity contribution is 5.54. The molecule has 0 bridgehead atoms. The molecular formula is C17H27FN2. The van der Waals surface area contributed by atoms with Gasteiger partial charge in [-0.3, -0.25) is 0 Å². The maximum Gasteiger partial charge on any atom is 0.129 e. The van der Waals surface area contributed by atoms with Crippen molar-refractivity contribution in [3.05, 3.63) is 29.6 Å². The van der Waals surface area contributed by atoms with Gasteiger partial charge in [-0.25, -0.2) is 4.39 Å². The van der Waals surface area contributed by atoms with Crippen LogP contribution in [0.15, 0.2) is 18.2 Å². The number of nitrogens with one attached hydrogen (secondary N) is 1. The molecule has 1 aliphatic heterocycles. The number of benzene rings is 1. The van der Waals surface area contributed by atoms with Crippen molar-refractivity contribution in [1.29, 1.82) is 0 Å². The van der Waals surface area contributed by atoms with Crippen LogP contribution in [0, 0.1) is 11.2 Å². The molecule has 1 fully saturated rings. The maximum absolute atomic E-state index is 14.1. The van der Waals surface area contributed by atoms with Crippen molar-refractivity contribution in [2.24, 2.45) is 5.41 Å². The predicted molar refractivity (Wildman–Crippen MR) is 83.6 cm³/mol. The van der Waals surface area contributed by atoms with Crippen molar-refractivity contribution in [2.45, 2.75) is 46.6 Å². The SMILES string of the molecule is CCNCc1c(F)cccc1N1CCC(C)(CC)CC1. The van der Waals surface area contributed by atoms with E-state index in [1.807, 2.05) is 13.0 Å². The number of halogens is 1.